The highest BCUT2D eigenvalue weighted by Gasteiger charge is 2.01. The fourth-order valence-electron chi connectivity index (χ4n) is 1.47. The average Bonchev–Trinajstić information content (AvgIpc) is 2.48. The largest absolute Gasteiger partial charge is 0.481 e. The number of anilines is 1. The molecule has 0 aromatic heterocycles. The normalized spacial score (nSPS) is 10.2. The maximum absolute atomic E-state index is 9.43. The van der Waals surface area contributed by atoms with Crippen LogP contribution in [0, 0.1) is 0 Å². The number of nitrogens with two attached hydrogens (primary N) is 1. The van der Waals surface area contributed by atoms with Gasteiger partial charge in [-0.15, -0.1) is 0 Å². The van der Waals surface area contributed by atoms with E-state index in [1.54, 1.807) is 0 Å². The molecule has 5 N–H and O–H groups in total. The number of nitrogens with zero attached hydrogens (tertiary/aromatic N) is 1. The van der Waals surface area contributed by atoms with Crippen LogP contribution in [0.15, 0.2) is 65.7 Å². The summed E-state index contributed by atoms with van der Waals surface area (Å²) < 4.78 is 0. The van der Waals surface area contributed by atoms with E-state index in [1.807, 2.05) is 60.7 Å². The number of carboxylic acids is 2. The van der Waals surface area contributed by atoms with E-state index < -0.39 is 18.4 Å². The molecule has 0 radical (unpaired) electrons. The van der Waals surface area contributed by atoms with Crippen molar-refractivity contribution in [2.24, 2.45) is 10.7 Å². The first-order valence-electron chi connectivity index (χ1n) is 6.62. The second-order valence-electron chi connectivity index (χ2n) is 4.29. The molecule has 120 valence electrons. The lowest BCUT2D eigenvalue weighted by Gasteiger charge is -2.04. The van der Waals surface area contributed by atoms with Crippen LogP contribution >= 0.6 is 0 Å². The Morgan fingerprint density at radius 2 is 1.39 bits per heavy atom. The average molecular weight is 315 g/mol. The van der Waals surface area contributed by atoms with Crippen molar-refractivity contribution >= 4 is 29.3 Å². The number of guanidine groups is 1. The Hall–Kier alpha value is -3.35. The van der Waals surface area contributed by atoms with Crippen molar-refractivity contribution in [2.45, 2.75) is 6.42 Å². The SMILES string of the molecule is NC(=Nc1ccccc1)Nc1ccccc1.O=C(O)CC(=O)O. The highest BCUT2D eigenvalue weighted by Crippen LogP contribution is 2.10. The monoisotopic (exact) mass is 315 g/mol. The van der Waals surface area contributed by atoms with Gasteiger partial charge in [0.15, 0.2) is 5.96 Å². The molecule has 0 heterocycles. The zero-order valence-corrected chi connectivity index (χ0v) is 12.2. The van der Waals surface area contributed by atoms with Crippen LogP contribution in [0.1, 0.15) is 6.42 Å². The topological polar surface area (TPSA) is 125 Å². The van der Waals surface area contributed by atoms with Crippen molar-refractivity contribution in [3.8, 4) is 0 Å². The van der Waals surface area contributed by atoms with Gasteiger partial charge in [0.1, 0.15) is 6.42 Å². The minimum absolute atomic E-state index is 0.386. The molecular formula is C16H17N3O4. The number of hydrogen-bond acceptors (Lipinski definition) is 3. The smallest absolute Gasteiger partial charge is 0.314 e. The van der Waals surface area contributed by atoms with Gasteiger partial charge in [0.25, 0.3) is 0 Å². The van der Waals surface area contributed by atoms with E-state index in [-0.39, 0.29) is 0 Å². The molecule has 0 fully saturated rings. The van der Waals surface area contributed by atoms with Crippen LogP contribution in [0.2, 0.25) is 0 Å². The Balaban J connectivity index is 0.000000322. The van der Waals surface area contributed by atoms with E-state index in [2.05, 4.69) is 10.3 Å². The zero-order chi connectivity index (χ0) is 17.1. The summed E-state index contributed by atoms with van der Waals surface area (Å²) in [5.41, 5.74) is 7.54. The highest BCUT2D eigenvalue weighted by molar-refractivity contribution is 5.93. The van der Waals surface area contributed by atoms with Gasteiger partial charge in [-0.3, -0.25) is 9.59 Å². The maximum atomic E-state index is 9.43. The molecule has 0 amide bonds. The molecule has 0 aliphatic rings. The molecule has 0 unspecified atom stereocenters. The third-order valence-electron chi connectivity index (χ3n) is 2.35. The second-order valence-corrected chi connectivity index (χ2v) is 4.29. The Labute approximate surface area is 133 Å². The van der Waals surface area contributed by atoms with Gasteiger partial charge in [-0.05, 0) is 24.3 Å². The molecule has 0 aliphatic carbocycles. The molecule has 0 spiro atoms. The number of para-hydroxylation sites is 2. The molecule has 0 bridgehead atoms. The molecule has 0 aliphatic heterocycles. The molecule has 7 nitrogen and oxygen atoms in total. The number of hydrogen-bond donors (Lipinski definition) is 4. The summed E-state index contributed by atoms with van der Waals surface area (Å²) in [6.07, 6.45) is -0.806. The van der Waals surface area contributed by atoms with Gasteiger partial charge >= 0.3 is 11.9 Å². The molecule has 7 heteroatoms. The number of rotatable bonds is 4. The summed E-state index contributed by atoms with van der Waals surface area (Å²) in [7, 11) is 0. The van der Waals surface area contributed by atoms with E-state index in [4.69, 9.17) is 15.9 Å². The third-order valence-corrected chi connectivity index (χ3v) is 2.35. The Morgan fingerprint density at radius 1 is 0.913 bits per heavy atom. The standard InChI is InChI=1S/C13H13N3.C3H4O4/c14-13(15-11-7-3-1-4-8-11)16-12-9-5-2-6-10-12;4-2(5)1-3(6)7/h1-10H,(H3,14,15,16);1H2,(H,4,5)(H,6,7). The highest BCUT2D eigenvalue weighted by atomic mass is 16.4. The third kappa shape index (κ3) is 8.51. The minimum Gasteiger partial charge on any atom is -0.481 e. The van der Waals surface area contributed by atoms with Crippen molar-refractivity contribution in [3.05, 3.63) is 60.7 Å². The molecule has 2 aromatic rings. The lowest BCUT2D eigenvalue weighted by atomic mass is 10.3. The molecule has 23 heavy (non-hydrogen) atoms. The van der Waals surface area contributed by atoms with Crippen LogP contribution in [-0.4, -0.2) is 28.1 Å². The Bertz CT molecular complexity index is 646. The van der Waals surface area contributed by atoms with E-state index in [9.17, 15) is 9.59 Å². The quantitative estimate of drug-likeness (QED) is 0.390. The van der Waals surface area contributed by atoms with Gasteiger partial charge in [-0.2, -0.15) is 0 Å². The van der Waals surface area contributed by atoms with Crippen LogP contribution < -0.4 is 11.1 Å². The predicted octanol–water partition coefficient (Wildman–Crippen LogP) is 2.29. The summed E-state index contributed by atoms with van der Waals surface area (Å²) in [5.74, 6) is -2.24. The van der Waals surface area contributed by atoms with Crippen LogP contribution in [0.25, 0.3) is 0 Å². The van der Waals surface area contributed by atoms with Crippen molar-refractivity contribution in [1.82, 2.24) is 0 Å². The first kappa shape index (κ1) is 17.7. The second kappa shape index (κ2) is 9.56. The van der Waals surface area contributed by atoms with Gasteiger partial charge in [0.2, 0.25) is 0 Å². The lowest BCUT2D eigenvalue weighted by molar-refractivity contribution is -0.147. The molecule has 0 atom stereocenters. The summed E-state index contributed by atoms with van der Waals surface area (Å²) in [6.45, 7) is 0. The number of aliphatic imine (C=N–C) groups is 1. The minimum atomic E-state index is -1.31. The first-order chi connectivity index (χ1) is 11.0. The number of aliphatic carboxylic acids is 2. The van der Waals surface area contributed by atoms with Crippen molar-refractivity contribution in [3.63, 3.8) is 0 Å². The Kier molecular flexibility index (Phi) is 7.36. The van der Waals surface area contributed by atoms with E-state index in [1.165, 1.54) is 0 Å². The van der Waals surface area contributed by atoms with E-state index >= 15 is 0 Å². The van der Waals surface area contributed by atoms with Crippen LogP contribution in [0.4, 0.5) is 11.4 Å². The van der Waals surface area contributed by atoms with Gasteiger partial charge < -0.3 is 21.3 Å². The van der Waals surface area contributed by atoms with Gasteiger partial charge in [-0.1, -0.05) is 36.4 Å². The molecule has 2 rings (SSSR count). The maximum Gasteiger partial charge on any atom is 0.314 e. The van der Waals surface area contributed by atoms with Crippen LogP contribution in [0.3, 0.4) is 0 Å². The van der Waals surface area contributed by atoms with Gasteiger partial charge in [0.05, 0.1) is 5.69 Å². The first-order valence-corrected chi connectivity index (χ1v) is 6.62. The number of nitrogens with one attached hydrogen (secondary N) is 1. The Morgan fingerprint density at radius 3 is 1.83 bits per heavy atom. The zero-order valence-electron chi connectivity index (χ0n) is 12.2. The number of carbonyl (C=O) groups is 2. The molecular weight excluding hydrogens is 298 g/mol. The molecule has 0 saturated heterocycles. The summed E-state index contributed by atoms with van der Waals surface area (Å²) in [5, 5.41) is 18.4. The fraction of sp³-hybridized carbons (Fsp3) is 0.0625. The predicted molar refractivity (Wildman–Crippen MR) is 87.7 cm³/mol. The molecule has 0 saturated carbocycles. The fourth-order valence-corrected chi connectivity index (χ4v) is 1.47. The summed E-state index contributed by atoms with van der Waals surface area (Å²) in [4.78, 5) is 23.1. The molecule has 2 aromatic carbocycles. The van der Waals surface area contributed by atoms with Gasteiger partial charge in [-0.25, -0.2) is 4.99 Å². The number of carboxylic acid groups (broad SMARTS) is 2. The van der Waals surface area contributed by atoms with Crippen LogP contribution in [-0.2, 0) is 9.59 Å². The van der Waals surface area contributed by atoms with Crippen molar-refractivity contribution in [1.29, 1.82) is 0 Å². The number of benzene rings is 2. The van der Waals surface area contributed by atoms with E-state index in [0.29, 0.717) is 5.96 Å². The van der Waals surface area contributed by atoms with Crippen LogP contribution in [0.5, 0.6) is 0 Å². The summed E-state index contributed by atoms with van der Waals surface area (Å²) >= 11 is 0. The summed E-state index contributed by atoms with van der Waals surface area (Å²) in [6, 6.07) is 19.3. The van der Waals surface area contributed by atoms with E-state index in [0.717, 1.165) is 11.4 Å². The van der Waals surface area contributed by atoms with Gasteiger partial charge in [0, 0.05) is 5.69 Å². The van der Waals surface area contributed by atoms with Crippen molar-refractivity contribution < 1.29 is 19.8 Å². The van der Waals surface area contributed by atoms with Crippen molar-refractivity contribution in [2.75, 3.05) is 5.32 Å². The lowest BCUT2D eigenvalue weighted by Crippen LogP contribution is -2.21.